The molecule has 0 aliphatic carbocycles. The third kappa shape index (κ3) is 6.30. The minimum atomic E-state index is -0.200. The second-order valence-corrected chi connectivity index (χ2v) is 7.50. The van der Waals surface area contributed by atoms with Crippen LogP contribution >= 0.6 is 0 Å². The number of benzene rings is 1. The van der Waals surface area contributed by atoms with Crippen LogP contribution in [-0.2, 0) is 27.4 Å². The first-order valence-corrected chi connectivity index (χ1v) is 9.77. The van der Waals surface area contributed by atoms with E-state index in [4.69, 9.17) is 10.5 Å². The minimum Gasteiger partial charge on any atom is -0.378 e. The molecular weight excluding hydrogens is 344 g/mol. The number of hydrogen-bond donors (Lipinski definition) is 3. The van der Waals surface area contributed by atoms with Crippen LogP contribution in [0.2, 0.25) is 0 Å². The van der Waals surface area contributed by atoms with Gasteiger partial charge in [0.15, 0.2) is 0 Å². The molecule has 0 spiro atoms. The first-order chi connectivity index (χ1) is 13.1. The third-order valence-electron chi connectivity index (χ3n) is 5.23. The summed E-state index contributed by atoms with van der Waals surface area (Å²) < 4.78 is 5.38. The number of nitrogens with one attached hydrogen (secondary N) is 2. The van der Waals surface area contributed by atoms with E-state index in [1.54, 1.807) is 0 Å². The Balaban J connectivity index is 1.46. The van der Waals surface area contributed by atoms with Crippen LogP contribution in [0.3, 0.4) is 0 Å². The number of ether oxygens (including phenoxy) is 1. The Labute approximate surface area is 160 Å². The Bertz CT molecular complexity index is 646. The van der Waals surface area contributed by atoms with Gasteiger partial charge in [-0.2, -0.15) is 0 Å². The van der Waals surface area contributed by atoms with Crippen molar-refractivity contribution in [2.45, 2.75) is 38.4 Å². The molecule has 2 unspecified atom stereocenters. The number of piperidine rings is 1. The predicted molar refractivity (Wildman–Crippen MR) is 103 cm³/mol. The highest BCUT2D eigenvalue weighted by Crippen LogP contribution is 2.18. The van der Waals surface area contributed by atoms with Crippen molar-refractivity contribution in [1.82, 2.24) is 15.5 Å². The maximum absolute atomic E-state index is 12.1. The molecule has 2 heterocycles. The van der Waals surface area contributed by atoms with E-state index in [1.807, 2.05) is 12.1 Å². The molecule has 2 saturated heterocycles. The summed E-state index contributed by atoms with van der Waals surface area (Å²) in [6, 6.07) is 8.35. The molecule has 1 aromatic carbocycles. The predicted octanol–water partition coefficient (Wildman–Crippen LogP) is 0.379. The summed E-state index contributed by atoms with van der Waals surface area (Å²) in [5.74, 6) is -0.212. The standard InChI is InChI=1S/C20H30N4O3/c21-20(26)17-5-2-7-24(13-17)12-16-4-1-3-15(9-16)11-23-19(25)10-18-14-27-8-6-22-18/h1,3-4,9,17-18,22H,2,5-8,10-14H2,(H2,21,26)(H,23,25). The van der Waals surface area contributed by atoms with Gasteiger partial charge < -0.3 is 21.1 Å². The lowest BCUT2D eigenvalue weighted by Gasteiger charge is -2.31. The van der Waals surface area contributed by atoms with Crippen molar-refractivity contribution < 1.29 is 14.3 Å². The lowest BCUT2D eigenvalue weighted by Crippen LogP contribution is -2.44. The molecular formula is C20H30N4O3. The van der Waals surface area contributed by atoms with E-state index in [0.717, 1.165) is 44.6 Å². The van der Waals surface area contributed by atoms with E-state index in [-0.39, 0.29) is 23.8 Å². The number of hydrogen-bond acceptors (Lipinski definition) is 5. The molecule has 2 atom stereocenters. The normalized spacial score (nSPS) is 23.7. The van der Waals surface area contributed by atoms with E-state index in [1.165, 1.54) is 5.56 Å². The fourth-order valence-electron chi connectivity index (χ4n) is 3.77. The molecule has 7 nitrogen and oxygen atoms in total. The lowest BCUT2D eigenvalue weighted by atomic mass is 9.97. The minimum absolute atomic E-state index is 0.0312. The van der Waals surface area contributed by atoms with Gasteiger partial charge >= 0.3 is 0 Å². The highest BCUT2D eigenvalue weighted by molar-refractivity contribution is 5.77. The fraction of sp³-hybridized carbons (Fsp3) is 0.600. The lowest BCUT2D eigenvalue weighted by molar-refractivity contribution is -0.123. The maximum Gasteiger partial charge on any atom is 0.221 e. The van der Waals surface area contributed by atoms with Crippen molar-refractivity contribution in [3.05, 3.63) is 35.4 Å². The Kier molecular flexibility index (Phi) is 7.20. The van der Waals surface area contributed by atoms with Crippen LogP contribution in [0.5, 0.6) is 0 Å². The number of morpholine rings is 1. The SMILES string of the molecule is NC(=O)C1CCCN(Cc2cccc(CNC(=O)CC3COCCN3)c2)C1. The van der Waals surface area contributed by atoms with Crippen LogP contribution in [0.1, 0.15) is 30.4 Å². The summed E-state index contributed by atoms with van der Waals surface area (Å²) in [6.45, 7) is 5.13. The molecule has 0 bridgehead atoms. The van der Waals surface area contributed by atoms with Crippen LogP contribution in [0.4, 0.5) is 0 Å². The van der Waals surface area contributed by atoms with E-state index >= 15 is 0 Å². The number of carbonyl (C=O) groups excluding carboxylic acids is 2. The summed E-state index contributed by atoms with van der Waals surface area (Å²) in [5, 5.41) is 6.28. The van der Waals surface area contributed by atoms with E-state index in [9.17, 15) is 9.59 Å². The van der Waals surface area contributed by atoms with E-state index in [0.29, 0.717) is 26.2 Å². The number of carbonyl (C=O) groups is 2. The molecule has 4 N–H and O–H groups in total. The van der Waals surface area contributed by atoms with Gasteiger partial charge in [-0.3, -0.25) is 14.5 Å². The summed E-state index contributed by atoms with van der Waals surface area (Å²) in [7, 11) is 0. The molecule has 1 aromatic rings. The Morgan fingerprint density at radius 1 is 1.33 bits per heavy atom. The zero-order valence-electron chi connectivity index (χ0n) is 15.8. The smallest absolute Gasteiger partial charge is 0.221 e. The van der Waals surface area contributed by atoms with Crippen molar-refractivity contribution in [1.29, 1.82) is 0 Å². The molecule has 2 amide bonds. The van der Waals surface area contributed by atoms with Gasteiger partial charge in [-0.15, -0.1) is 0 Å². The average molecular weight is 374 g/mol. The van der Waals surface area contributed by atoms with Crippen molar-refractivity contribution in [3.63, 3.8) is 0 Å². The maximum atomic E-state index is 12.1. The largest absolute Gasteiger partial charge is 0.378 e. The molecule has 2 fully saturated rings. The second-order valence-electron chi connectivity index (χ2n) is 7.50. The van der Waals surface area contributed by atoms with Crippen LogP contribution in [0.25, 0.3) is 0 Å². The molecule has 27 heavy (non-hydrogen) atoms. The second kappa shape index (κ2) is 9.82. The molecule has 148 valence electrons. The molecule has 7 heteroatoms. The van der Waals surface area contributed by atoms with Crippen LogP contribution in [-0.4, -0.2) is 55.6 Å². The molecule has 2 aliphatic heterocycles. The van der Waals surface area contributed by atoms with Gasteiger partial charge in [0.1, 0.15) is 0 Å². The zero-order chi connectivity index (χ0) is 19.1. The Hall–Kier alpha value is -1.96. The molecule has 0 saturated carbocycles. The third-order valence-corrected chi connectivity index (χ3v) is 5.23. The van der Waals surface area contributed by atoms with Gasteiger partial charge in [0.05, 0.1) is 19.1 Å². The quantitative estimate of drug-likeness (QED) is 0.641. The summed E-state index contributed by atoms with van der Waals surface area (Å²) in [4.78, 5) is 25.9. The topological polar surface area (TPSA) is 96.7 Å². The summed E-state index contributed by atoms with van der Waals surface area (Å²) >= 11 is 0. The van der Waals surface area contributed by atoms with E-state index in [2.05, 4.69) is 27.7 Å². The van der Waals surface area contributed by atoms with Crippen LogP contribution < -0.4 is 16.4 Å². The van der Waals surface area contributed by atoms with Crippen molar-refractivity contribution in [2.24, 2.45) is 11.7 Å². The number of primary amides is 1. The Morgan fingerprint density at radius 3 is 2.96 bits per heavy atom. The average Bonchev–Trinajstić information content (AvgIpc) is 2.68. The molecule has 2 aliphatic rings. The van der Waals surface area contributed by atoms with Crippen molar-refractivity contribution >= 4 is 11.8 Å². The van der Waals surface area contributed by atoms with Crippen molar-refractivity contribution in [3.8, 4) is 0 Å². The van der Waals surface area contributed by atoms with Crippen molar-refractivity contribution in [2.75, 3.05) is 32.8 Å². The summed E-state index contributed by atoms with van der Waals surface area (Å²) in [5.41, 5.74) is 7.73. The molecule has 0 aromatic heterocycles. The van der Waals surface area contributed by atoms with Gasteiger partial charge in [-0.25, -0.2) is 0 Å². The van der Waals surface area contributed by atoms with Gasteiger partial charge in [0.2, 0.25) is 11.8 Å². The number of rotatable bonds is 7. The number of nitrogens with zero attached hydrogens (tertiary/aromatic N) is 1. The van der Waals surface area contributed by atoms with Gasteiger partial charge in [0.25, 0.3) is 0 Å². The molecule has 3 rings (SSSR count). The van der Waals surface area contributed by atoms with Gasteiger partial charge in [-0.1, -0.05) is 24.3 Å². The highest BCUT2D eigenvalue weighted by Gasteiger charge is 2.23. The number of amides is 2. The van der Waals surface area contributed by atoms with Gasteiger partial charge in [-0.05, 0) is 30.5 Å². The monoisotopic (exact) mass is 374 g/mol. The number of likely N-dealkylation sites (tertiary alicyclic amines) is 1. The highest BCUT2D eigenvalue weighted by atomic mass is 16.5. The summed E-state index contributed by atoms with van der Waals surface area (Å²) in [6.07, 6.45) is 2.32. The molecule has 0 radical (unpaired) electrons. The Morgan fingerprint density at radius 2 is 2.19 bits per heavy atom. The fourth-order valence-corrected chi connectivity index (χ4v) is 3.77. The zero-order valence-corrected chi connectivity index (χ0v) is 15.8. The van der Waals surface area contributed by atoms with Crippen LogP contribution in [0.15, 0.2) is 24.3 Å². The van der Waals surface area contributed by atoms with E-state index < -0.39 is 0 Å². The number of nitrogens with two attached hydrogens (primary N) is 1. The van der Waals surface area contributed by atoms with Gasteiger partial charge in [0, 0.05) is 38.6 Å². The first kappa shape index (κ1) is 19.8. The van der Waals surface area contributed by atoms with Crippen LogP contribution in [0, 0.1) is 5.92 Å². The first-order valence-electron chi connectivity index (χ1n) is 9.77.